The van der Waals surface area contributed by atoms with Gasteiger partial charge in [-0.3, -0.25) is 0 Å². The van der Waals surface area contributed by atoms with Crippen LogP contribution in [0.15, 0.2) is 11.9 Å². The van der Waals surface area contributed by atoms with E-state index < -0.39 is 0 Å². The number of nitrogens with zero attached hydrogens (tertiary/aromatic N) is 3. The number of hydrogen-bond acceptors (Lipinski definition) is 3. The zero-order valence-corrected chi connectivity index (χ0v) is 17.8. The summed E-state index contributed by atoms with van der Waals surface area (Å²) < 4.78 is 0. The van der Waals surface area contributed by atoms with E-state index in [2.05, 4.69) is 32.8 Å². The third-order valence-electron chi connectivity index (χ3n) is 7.65. The van der Waals surface area contributed by atoms with Crippen LogP contribution in [0.3, 0.4) is 0 Å². The van der Waals surface area contributed by atoms with Crippen LogP contribution in [0.25, 0.3) is 5.57 Å². The van der Waals surface area contributed by atoms with Gasteiger partial charge in [-0.25, -0.2) is 9.97 Å². The Kier molecular flexibility index (Phi) is 5.68. The van der Waals surface area contributed by atoms with Gasteiger partial charge in [-0.1, -0.05) is 25.8 Å². The van der Waals surface area contributed by atoms with Gasteiger partial charge in [-0.15, -0.1) is 0 Å². The fourth-order valence-electron chi connectivity index (χ4n) is 5.77. The predicted octanol–water partition coefficient (Wildman–Crippen LogP) is 5.30. The molecule has 3 nitrogen and oxygen atoms in total. The average molecular weight is 368 g/mol. The predicted molar refractivity (Wildman–Crippen MR) is 113 cm³/mol. The molecule has 0 unspecified atom stereocenters. The minimum atomic E-state index is 0.755. The molecule has 1 fully saturated rings. The van der Waals surface area contributed by atoms with E-state index in [9.17, 15) is 0 Å². The van der Waals surface area contributed by atoms with Crippen molar-refractivity contribution in [1.29, 1.82) is 0 Å². The molecule has 4 rings (SSSR count). The van der Waals surface area contributed by atoms with Gasteiger partial charge in [-0.2, -0.15) is 0 Å². The van der Waals surface area contributed by atoms with Crippen LogP contribution in [0.2, 0.25) is 0 Å². The number of allylic oxidation sites excluding steroid dienone is 2. The fraction of sp³-hybridized carbons (Fsp3) is 0.750. The van der Waals surface area contributed by atoms with Crippen LogP contribution >= 0.6 is 0 Å². The zero-order valence-electron chi connectivity index (χ0n) is 17.8. The quantitative estimate of drug-likeness (QED) is 0.683. The van der Waals surface area contributed by atoms with Gasteiger partial charge in [0, 0.05) is 18.0 Å². The molecular formula is C24H37N3. The maximum Gasteiger partial charge on any atom is 0.115 e. The van der Waals surface area contributed by atoms with Crippen molar-refractivity contribution < 1.29 is 0 Å². The first-order chi connectivity index (χ1) is 13.1. The van der Waals surface area contributed by atoms with Gasteiger partial charge < -0.3 is 4.90 Å². The molecule has 148 valence electrons. The molecule has 2 atom stereocenters. The Morgan fingerprint density at radius 2 is 1.89 bits per heavy atom. The lowest BCUT2D eigenvalue weighted by Gasteiger charge is -2.32. The second kappa shape index (κ2) is 8.03. The molecule has 0 saturated heterocycles. The van der Waals surface area contributed by atoms with Crippen molar-refractivity contribution in [3.63, 3.8) is 0 Å². The molecule has 1 aromatic rings. The number of rotatable bonds is 6. The molecule has 3 aliphatic rings. The van der Waals surface area contributed by atoms with Crippen molar-refractivity contribution in [3.05, 3.63) is 28.9 Å². The van der Waals surface area contributed by atoms with Crippen LogP contribution in [0.5, 0.6) is 0 Å². The molecular weight excluding hydrogens is 330 g/mol. The Labute approximate surface area is 165 Å². The molecule has 0 aromatic carbocycles. The Hall–Kier alpha value is -1.22. The molecule has 0 amide bonds. The van der Waals surface area contributed by atoms with Gasteiger partial charge in [0.1, 0.15) is 6.33 Å². The van der Waals surface area contributed by atoms with Gasteiger partial charge in [0.2, 0.25) is 0 Å². The molecule has 0 aliphatic heterocycles. The van der Waals surface area contributed by atoms with Crippen molar-refractivity contribution >= 4 is 5.57 Å². The number of hydrogen-bond donors (Lipinski definition) is 0. The molecule has 0 radical (unpaired) electrons. The third-order valence-corrected chi connectivity index (χ3v) is 7.65. The lowest BCUT2D eigenvalue weighted by molar-refractivity contribution is 0.192. The highest BCUT2D eigenvalue weighted by atomic mass is 15.1. The second-order valence-electron chi connectivity index (χ2n) is 9.66. The smallest absolute Gasteiger partial charge is 0.115 e. The first kappa shape index (κ1) is 19.1. The van der Waals surface area contributed by atoms with Crippen LogP contribution in [-0.2, 0) is 12.8 Å². The Bertz CT molecular complexity index is 698. The highest BCUT2D eigenvalue weighted by Crippen LogP contribution is 2.49. The minimum Gasteiger partial charge on any atom is -0.306 e. The van der Waals surface area contributed by atoms with Crippen molar-refractivity contribution in [2.24, 2.45) is 17.8 Å². The van der Waals surface area contributed by atoms with E-state index in [1.807, 2.05) is 6.33 Å². The molecule has 0 N–H and O–H groups in total. The van der Waals surface area contributed by atoms with Gasteiger partial charge >= 0.3 is 0 Å². The van der Waals surface area contributed by atoms with Crippen molar-refractivity contribution in [1.82, 2.24) is 14.9 Å². The summed E-state index contributed by atoms with van der Waals surface area (Å²) in [6.45, 7) is 4.75. The van der Waals surface area contributed by atoms with Crippen LogP contribution in [0, 0.1) is 17.8 Å². The summed E-state index contributed by atoms with van der Waals surface area (Å²) in [5, 5.41) is 0. The first-order valence-corrected chi connectivity index (χ1v) is 11.3. The normalized spacial score (nSPS) is 28.6. The topological polar surface area (TPSA) is 29.0 Å². The van der Waals surface area contributed by atoms with Crippen LogP contribution < -0.4 is 0 Å². The van der Waals surface area contributed by atoms with E-state index in [0.29, 0.717) is 0 Å². The van der Waals surface area contributed by atoms with Gasteiger partial charge in [0.05, 0.1) is 11.4 Å². The van der Waals surface area contributed by atoms with E-state index in [0.717, 1.165) is 36.6 Å². The Morgan fingerprint density at radius 1 is 1.11 bits per heavy atom. The standard InChI is InChI=1S/C24H37N3/c1-5-16(2)12-18-8-9-19-14-22-24(23(18)19)21(25-15-26-22)13-17-6-10-20(11-7-17)27(3)4/h15-18,20H,5-14H2,1-4H3/t16-,17-,18-,20-/m1/s1. The number of fused-ring (bicyclic) bond motifs is 2. The second-order valence-corrected chi connectivity index (χ2v) is 9.66. The monoisotopic (exact) mass is 367 g/mol. The summed E-state index contributed by atoms with van der Waals surface area (Å²) in [7, 11) is 4.46. The summed E-state index contributed by atoms with van der Waals surface area (Å²) >= 11 is 0. The fourth-order valence-corrected chi connectivity index (χ4v) is 5.77. The summed E-state index contributed by atoms with van der Waals surface area (Å²) in [5.41, 5.74) is 7.57. The molecule has 1 saturated carbocycles. The summed E-state index contributed by atoms with van der Waals surface area (Å²) in [6.07, 6.45) is 14.8. The van der Waals surface area contributed by atoms with E-state index in [4.69, 9.17) is 9.97 Å². The van der Waals surface area contributed by atoms with Gasteiger partial charge in [0.15, 0.2) is 0 Å². The van der Waals surface area contributed by atoms with Crippen LogP contribution in [-0.4, -0.2) is 35.0 Å². The van der Waals surface area contributed by atoms with E-state index in [1.165, 1.54) is 68.3 Å². The van der Waals surface area contributed by atoms with E-state index >= 15 is 0 Å². The molecule has 0 spiro atoms. The highest BCUT2D eigenvalue weighted by Gasteiger charge is 2.36. The molecule has 27 heavy (non-hydrogen) atoms. The van der Waals surface area contributed by atoms with Crippen LogP contribution in [0.1, 0.15) is 82.2 Å². The maximum atomic E-state index is 4.84. The molecule has 1 aromatic heterocycles. The third kappa shape index (κ3) is 3.85. The lowest BCUT2D eigenvalue weighted by Crippen LogP contribution is -2.32. The molecule has 3 heteroatoms. The van der Waals surface area contributed by atoms with Crippen LogP contribution in [0.4, 0.5) is 0 Å². The molecule has 1 heterocycles. The highest BCUT2D eigenvalue weighted by molar-refractivity contribution is 5.79. The molecule has 3 aliphatic carbocycles. The van der Waals surface area contributed by atoms with E-state index in [-0.39, 0.29) is 0 Å². The summed E-state index contributed by atoms with van der Waals surface area (Å²) in [5.74, 6) is 2.38. The average Bonchev–Trinajstić information content (AvgIpc) is 3.22. The van der Waals surface area contributed by atoms with E-state index in [1.54, 1.807) is 11.1 Å². The summed E-state index contributed by atoms with van der Waals surface area (Å²) in [4.78, 5) is 12.0. The largest absolute Gasteiger partial charge is 0.306 e. The molecule has 0 bridgehead atoms. The summed E-state index contributed by atoms with van der Waals surface area (Å²) in [6, 6.07) is 0.779. The Balaban J connectivity index is 1.52. The van der Waals surface area contributed by atoms with Gasteiger partial charge in [0.25, 0.3) is 0 Å². The first-order valence-electron chi connectivity index (χ1n) is 11.3. The number of aromatic nitrogens is 2. The minimum absolute atomic E-state index is 0.755. The van der Waals surface area contributed by atoms with Crippen molar-refractivity contribution in [2.45, 2.75) is 84.1 Å². The Morgan fingerprint density at radius 3 is 2.59 bits per heavy atom. The maximum absolute atomic E-state index is 4.84. The van der Waals surface area contributed by atoms with Crippen molar-refractivity contribution in [3.8, 4) is 0 Å². The van der Waals surface area contributed by atoms with Gasteiger partial charge in [-0.05, 0) is 88.8 Å². The SMILES string of the molecule is CC[C@@H](C)C[C@H]1CCC2=C1c1c(ncnc1C[C@H]1CC[C@H](N(C)C)CC1)C2. The van der Waals surface area contributed by atoms with Crippen molar-refractivity contribution in [2.75, 3.05) is 14.1 Å². The lowest BCUT2D eigenvalue weighted by atomic mass is 9.81. The zero-order chi connectivity index (χ0) is 19.0.